The molecule has 0 saturated heterocycles. The summed E-state index contributed by atoms with van der Waals surface area (Å²) in [5, 5.41) is 8.43. The lowest BCUT2D eigenvalue weighted by Gasteiger charge is -2.03. The van der Waals surface area contributed by atoms with Crippen molar-refractivity contribution in [3.8, 4) is 0 Å². The molecule has 1 saturated carbocycles. The lowest BCUT2D eigenvalue weighted by Crippen LogP contribution is -2.14. The van der Waals surface area contributed by atoms with Gasteiger partial charge in [-0.05, 0) is 59.6 Å². The highest BCUT2D eigenvalue weighted by molar-refractivity contribution is 5.90. The highest BCUT2D eigenvalue weighted by Gasteiger charge is 2.37. The van der Waals surface area contributed by atoms with Gasteiger partial charge in [-0.25, -0.2) is 9.87 Å². The molecule has 4 heteroatoms. The number of carbonyl (C=O) groups excluding carboxylic acids is 1. The summed E-state index contributed by atoms with van der Waals surface area (Å²) in [5.74, 6) is 0.407. The normalized spacial score (nSPS) is 19.7. The second-order valence-corrected chi connectivity index (χ2v) is 5.91. The van der Waals surface area contributed by atoms with Crippen LogP contribution in [0.3, 0.4) is 0 Å². The number of carbonyl (C=O) groups is 1. The molecule has 1 aliphatic rings. The molecule has 3 rings (SSSR count). The molecule has 0 heterocycles. The zero-order valence-corrected chi connectivity index (χ0v) is 12.6. The number of hydrogen-bond acceptors (Lipinski definition) is 2. The molecule has 0 radical (unpaired) electrons. The Kier molecular flexibility index (Phi) is 4.53. The van der Waals surface area contributed by atoms with Crippen LogP contribution in [0.5, 0.6) is 0 Å². The number of hydrogen-bond donors (Lipinski definition) is 2. The lowest BCUT2D eigenvalue weighted by molar-refractivity contribution is -0.124. The fourth-order valence-corrected chi connectivity index (χ4v) is 2.87. The van der Waals surface area contributed by atoms with Crippen LogP contribution in [0.2, 0.25) is 0 Å². The van der Waals surface area contributed by atoms with Crippen LogP contribution in [0.25, 0.3) is 6.08 Å². The van der Waals surface area contributed by atoms with Crippen molar-refractivity contribution in [3.63, 3.8) is 0 Å². The molecule has 1 fully saturated rings. The molecule has 2 atom stereocenters. The SMILES string of the molecule is O=C(/C=C/c1ccc(CC2CC2c2ccc(F)cc2)cc1)NO. The third-order valence-corrected chi connectivity index (χ3v) is 4.24. The van der Waals surface area contributed by atoms with Crippen molar-refractivity contribution in [2.24, 2.45) is 5.92 Å². The van der Waals surface area contributed by atoms with E-state index in [2.05, 4.69) is 12.1 Å². The third kappa shape index (κ3) is 4.05. The Morgan fingerprint density at radius 2 is 1.87 bits per heavy atom. The first-order chi connectivity index (χ1) is 11.2. The maximum Gasteiger partial charge on any atom is 0.267 e. The van der Waals surface area contributed by atoms with E-state index in [4.69, 9.17) is 5.21 Å². The van der Waals surface area contributed by atoms with Crippen LogP contribution in [0, 0.1) is 11.7 Å². The molecule has 0 aliphatic heterocycles. The van der Waals surface area contributed by atoms with Crippen molar-refractivity contribution in [2.45, 2.75) is 18.8 Å². The van der Waals surface area contributed by atoms with Gasteiger partial charge in [0.2, 0.25) is 0 Å². The zero-order chi connectivity index (χ0) is 16.2. The van der Waals surface area contributed by atoms with Gasteiger partial charge in [0.05, 0.1) is 0 Å². The van der Waals surface area contributed by atoms with E-state index in [1.165, 1.54) is 29.3 Å². The van der Waals surface area contributed by atoms with Crippen molar-refractivity contribution in [3.05, 3.63) is 77.1 Å². The van der Waals surface area contributed by atoms with Crippen LogP contribution in [-0.4, -0.2) is 11.1 Å². The zero-order valence-electron chi connectivity index (χ0n) is 12.6. The second kappa shape index (κ2) is 6.75. The van der Waals surface area contributed by atoms with Crippen molar-refractivity contribution >= 4 is 12.0 Å². The molecule has 1 aliphatic carbocycles. The Morgan fingerprint density at radius 1 is 1.17 bits per heavy atom. The van der Waals surface area contributed by atoms with E-state index in [1.807, 2.05) is 24.3 Å². The van der Waals surface area contributed by atoms with E-state index in [1.54, 1.807) is 11.6 Å². The van der Waals surface area contributed by atoms with Gasteiger partial charge in [-0.1, -0.05) is 36.4 Å². The minimum atomic E-state index is -0.547. The van der Waals surface area contributed by atoms with Gasteiger partial charge in [-0.15, -0.1) is 0 Å². The Balaban J connectivity index is 1.56. The van der Waals surface area contributed by atoms with Gasteiger partial charge in [0.15, 0.2) is 0 Å². The van der Waals surface area contributed by atoms with Crippen molar-refractivity contribution in [1.29, 1.82) is 0 Å². The van der Waals surface area contributed by atoms with Crippen molar-refractivity contribution in [2.75, 3.05) is 0 Å². The van der Waals surface area contributed by atoms with Crippen LogP contribution in [0.1, 0.15) is 29.0 Å². The summed E-state index contributed by atoms with van der Waals surface area (Å²) in [6.07, 6.45) is 5.07. The predicted octanol–water partition coefficient (Wildman–Crippen LogP) is 3.69. The van der Waals surface area contributed by atoms with E-state index in [0.717, 1.165) is 18.4 Å². The van der Waals surface area contributed by atoms with Crippen LogP contribution in [-0.2, 0) is 11.2 Å². The summed E-state index contributed by atoms with van der Waals surface area (Å²) in [6.45, 7) is 0. The van der Waals surface area contributed by atoms with E-state index in [9.17, 15) is 9.18 Å². The molecule has 2 unspecified atom stereocenters. The molecule has 1 amide bonds. The first kappa shape index (κ1) is 15.4. The van der Waals surface area contributed by atoms with Gasteiger partial charge >= 0.3 is 0 Å². The Morgan fingerprint density at radius 3 is 2.52 bits per heavy atom. The number of halogens is 1. The molecule has 3 nitrogen and oxygen atoms in total. The molecule has 0 bridgehead atoms. The van der Waals surface area contributed by atoms with Gasteiger partial charge in [0.1, 0.15) is 5.82 Å². The third-order valence-electron chi connectivity index (χ3n) is 4.24. The quantitative estimate of drug-likeness (QED) is 0.502. The summed E-state index contributed by atoms with van der Waals surface area (Å²) >= 11 is 0. The summed E-state index contributed by atoms with van der Waals surface area (Å²) in [7, 11) is 0. The molecular formula is C19H18FNO2. The molecule has 0 aromatic heterocycles. The summed E-state index contributed by atoms with van der Waals surface area (Å²) < 4.78 is 12.9. The highest BCUT2D eigenvalue weighted by Crippen LogP contribution is 2.49. The maximum atomic E-state index is 12.9. The van der Waals surface area contributed by atoms with E-state index >= 15 is 0 Å². The minimum absolute atomic E-state index is 0.190. The van der Waals surface area contributed by atoms with Gasteiger partial charge in [-0.2, -0.15) is 0 Å². The molecule has 0 spiro atoms. The Labute approximate surface area is 134 Å². The van der Waals surface area contributed by atoms with E-state index in [-0.39, 0.29) is 5.82 Å². The maximum absolute atomic E-state index is 12.9. The number of benzene rings is 2. The molecule has 2 N–H and O–H groups in total. The number of nitrogens with one attached hydrogen (secondary N) is 1. The summed E-state index contributed by atoms with van der Waals surface area (Å²) in [4.78, 5) is 10.9. The average molecular weight is 311 g/mol. The van der Waals surface area contributed by atoms with Crippen LogP contribution < -0.4 is 5.48 Å². The van der Waals surface area contributed by atoms with Crippen molar-refractivity contribution in [1.82, 2.24) is 5.48 Å². The lowest BCUT2D eigenvalue weighted by atomic mass is 10.0. The number of rotatable bonds is 5. The van der Waals surface area contributed by atoms with Gasteiger partial charge < -0.3 is 0 Å². The molecule has 2 aromatic carbocycles. The number of amides is 1. The van der Waals surface area contributed by atoms with Gasteiger partial charge in [0.25, 0.3) is 5.91 Å². The monoisotopic (exact) mass is 311 g/mol. The molecule has 2 aromatic rings. The first-order valence-corrected chi connectivity index (χ1v) is 7.62. The van der Waals surface area contributed by atoms with Crippen molar-refractivity contribution < 1.29 is 14.4 Å². The topological polar surface area (TPSA) is 49.3 Å². The Hall–Kier alpha value is -2.46. The van der Waals surface area contributed by atoms with E-state index < -0.39 is 5.91 Å². The highest BCUT2D eigenvalue weighted by atomic mass is 19.1. The van der Waals surface area contributed by atoms with Crippen LogP contribution in [0.15, 0.2) is 54.6 Å². The molecule has 118 valence electrons. The predicted molar refractivity (Wildman–Crippen MR) is 86.4 cm³/mol. The van der Waals surface area contributed by atoms with E-state index in [0.29, 0.717) is 11.8 Å². The van der Waals surface area contributed by atoms with Crippen LogP contribution in [0.4, 0.5) is 4.39 Å². The largest absolute Gasteiger partial charge is 0.288 e. The standard InChI is InChI=1S/C19H18FNO2/c20-17-8-6-15(7-9-17)18-12-16(18)11-14-3-1-13(2-4-14)5-10-19(22)21-23/h1-10,16,18,23H,11-12H2,(H,21,22)/b10-5+. The summed E-state index contributed by atoms with van der Waals surface area (Å²) in [6, 6.07) is 14.8. The Bertz CT molecular complexity index is 707. The number of hydroxylamine groups is 1. The molecular weight excluding hydrogens is 293 g/mol. The fraction of sp³-hybridized carbons (Fsp3) is 0.211. The van der Waals surface area contributed by atoms with Gasteiger partial charge in [-0.3, -0.25) is 10.0 Å². The first-order valence-electron chi connectivity index (χ1n) is 7.62. The van der Waals surface area contributed by atoms with Crippen LogP contribution >= 0.6 is 0 Å². The van der Waals surface area contributed by atoms with Gasteiger partial charge in [0, 0.05) is 6.08 Å². The average Bonchev–Trinajstić information content (AvgIpc) is 3.33. The smallest absolute Gasteiger partial charge is 0.267 e. The summed E-state index contributed by atoms with van der Waals surface area (Å²) in [5.41, 5.74) is 4.93. The molecule has 23 heavy (non-hydrogen) atoms. The fourth-order valence-electron chi connectivity index (χ4n) is 2.87. The minimum Gasteiger partial charge on any atom is -0.288 e. The second-order valence-electron chi connectivity index (χ2n) is 5.91.